The van der Waals surface area contributed by atoms with E-state index in [9.17, 15) is 0 Å². The lowest BCUT2D eigenvalue weighted by Gasteiger charge is -2.28. The Labute approximate surface area is 178 Å². The number of aryl methyl sites for hydroxylation is 1. The molecule has 1 heteroatoms. The molecule has 0 radical (unpaired) electrons. The van der Waals surface area contributed by atoms with Crippen LogP contribution in [0.2, 0.25) is 0 Å². The van der Waals surface area contributed by atoms with Crippen LogP contribution >= 0.6 is 0 Å². The van der Waals surface area contributed by atoms with Crippen molar-refractivity contribution in [2.45, 2.75) is 77.0 Å². The number of allylic oxidation sites excluding steroid dienone is 6. The summed E-state index contributed by atoms with van der Waals surface area (Å²) in [6.07, 6.45) is 25.8. The molecule has 2 aliphatic carbocycles. The zero-order valence-corrected chi connectivity index (χ0v) is 18.1. The van der Waals surface area contributed by atoms with Gasteiger partial charge in [0.2, 0.25) is 0 Å². The second kappa shape index (κ2) is 11.8. The molecule has 0 unspecified atom stereocenters. The summed E-state index contributed by atoms with van der Waals surface area (Å²) in [7, 11) is 0. The van der Waals surface area contributed by atoms with Crippen molar-refractivity contribution >= 4 is 0 Å². The maximum atomic E-state index is 8.53. The van der Waals surface area contributed by atoms with Crippen LogP contribution < -0.4 is 0 Å². The lowest BCUT2D eigenvalue weighted by atomic mass is 9.77. The van der Waals surface area contributed by atoms with Gasteiger partial charge in [-0.3, -0.25) is 0 Å². The van der Waals surface area contributed by atoms with Crippen molar-refractivity contribution in [3.63, 3.8) is 0 Å². The van der Waals surface area contributed by atoms with E-state index in [2.05, 4.69) is 49.4 Å². The number of rotatable bonds is 7. The minimum absolute atomic E-state index is 0.696. The maximum absolute atomic E-state index is 8.53. The monoisotopic (exact) mass is 387 g/mol. The molecule has 0 amide bonds. The molecular weight excluding hydrogens is 350 g/mol. The molecule has 0 N–H and O–H groups in total. The largest absolute Gasteiger partial charge is 0.193 e. The quantitative estimate of drug-likeness (QED) is 0.265. The molecule has 0 spiro atoms. The van der Waals surface area contributed by atoms with Gasteiger partial charge in [-0.25, -0.2) is 0 Å². The number of benzene rings is 1. The molecule has 1 aromatic carbocycles. The van der Waals surface area contributed by atoms with E-state index in [1.165, 1.54) is 69.8 Å². The summed E-state index contributed by atoms with van der Waals surface area (Å²) in [4.78, 5) is 0. The van der Waals surface area contributed by atoms with Crippen LogP contribution in [-0.2, 0) is 6.42 Å². The highest BCUT2D eigenvalue weighted by Crippen LogP contribution is 2.37. The Morgan fingerprint density at radius 3 is 1.90 bits per heavy atom. The summed E-state index contributed by atoms with van der Waals surface area (Å²) in [6, 6.07) is 11.5. The van der Waals surface area contributed by atoms with Gasteiger partial charge in [0.1, 0.15) is 0 Å². The summed E-state index contributed by atoms with van der Waals surface area (Å²) >= 11 is 0. The standard InChI is InChI=1S/C28H37N/c1-2-6-23-14-18-27(19-15-23)28-20-16-26(17-21-28)13-12-25-10-8-24(9-11-25)7-4-3-5-22-29/h3-5,7,12-15,18-19,24-26,28H,2,6,8-11,16-17,20-21H2,1H3. The highest BCUT2D eigenvalue weighted by atomic mass is 14.3. The molecule has 1 nitrogen and oxygen atoms in total. The molecule has 154 valence electrons. The predicted molar refractivity (Wildman–Crippen MR) is 124 cm³/mol. The van der Waals surface area contributed by atoms with Crippen molar-refractivity contribution in [1.82, 2.24) is 0 Å². The Morgan fingerprint density at radius 2 is 1.34 bits per heavy atom. The van der Waals surface area contributed by atoms with Gasteiger partial charge in [-0.1, -0.05) is 68.0 Å². The minimum Gasteiger partial charge on any atom is -0.193 e. The highest BCUT2D eigenvalue weighted by Gasteiger charge is 2.22. The molecule has 0 aromatic heterocycles. The molecule has 0 atom stereocenters. The Bertz CT molecular complexity index is 715. The first kappa shape index (κ1) is 21.6. The average molecular weight is 388 g/mol. The van der Waals surface area contributed by atoms with Crippen molar-refractivity contribution in [3.8, 4) is 6.07 Å². The van der Waals surface area contributed by atoms with Crippen LogP contribution in [-0.4, -0.2) is 0 Å². The summed E-state index contributed by atoms with van der Waals surface area (Å²) < 4.78 is 0. The topological polar surface area (TPSA) is 23.8 Å². The number of nitrogens with zero attached hydrogens (tertiary/aromatic N) is 1. The van der Waals surface area contributed by atoms with Gasteiger partial charge in [0, 0.05) is 6.08 Å². The van der Waals surface area contributed by atoms with Gasteiger partial charge in [0.15, 0.2) is 0 Å². The third-order valence-corrected chi connectivity index (χ3v) is 6.90. The molecule has 2 aliphatic rings. The van der Waals surface area contributed by atoms with E-state index in [0.29, 0.717) is 5.92 Å². The van der Waals surface area contributed by atoms with Gasteiger partial charge in [-0.05, 0) is 92.6 Å². The fourth-order valence-corrected chi connectivity index (χ4v) is 5.05. The third-order valence-electron chi connectivity index (χ3n) is 6.90. The highest BCUT2D eigenvalue weighted by molar-refractivity contribution is 5.26. The Hall–Kier alpha value is -2.07. The SMILES string of the molecule is CCCc1ccc(C2CCC(C=CC3CCC(C=CC=CC#N)CC3)CC2)cc1. The van der Waals surface area contributed by atoms with Crippen molar-refractivity contribution in [3.05, 3.63) is 71.8 Å². The van der Waals surface area contributed by atoms with Crippen LogP contribution in [0, 0.1) is 29.1 Å². The van der Waals surface area contributed by atoms with Crippen LogP contribution in [0.15, 0.2) is 60.7 Å². The first-order chi connectivity index (χ1) is 14.3. The summed E-state index contributed by atoms with van der Waals surface area (Å²) in [6.45, 7) is 2.25. The van der Waals surface area contributed by atoms with Gasteiger partial charge < -0.3 is 0 Å². The number of nitriles is 1. The fourth-order valence-electron chi connectivity index (χ4n) is 5.05. The predicted octanol–water partition coefficient (Wildman–Crippen LogP) is 7.91. The maximum Gasteiger partial charge on any atom is 0.0912 e. The van der Waals surface area contributed by atoms with Gasteiger partial charge >= 0.3 is 0 Å². The first-order valence-electron chi connectivity index (χ1n) is 11.8. The second-order valence-electron chi connectivity index (χ2n) is 9.04. The smallest absolute Gasteiger partial charge is 0.0912 e. The number of hydrogen-bond acceptors (Lipinski definition) is 1. The van der Waals surface area contributed by atoms with Gasteiger partial charge in [-0.15, -0.1) is 0 Å². The molecule has 2 fully saturated rings. The first-order valence-corrected chi connectivity index (χ1v) is 11.8. The molecule has 2 saturated carbocycles. The molecule has 0 saturated heterocycles. The fraction of sp³-hybridized carbons (Fsp3) is 0.536. The van der Waals surface area contributed by atoms with Crippen molar-refractivity contribution in [2.75, 3.05) is 0 Å². The molecule has 29 heavy (non-hydrogen) atoms. The van der Waals surface area contributed by atoms with E-state index in [0.717, 1.165) is 17.8 Å². The Morgan fingerprint density at radius 1 is 0.793 bits per heavy atom. The van der Waals surface area contributed by atoms with Crippen LogP contribution in [0.25, 0.3) is 0 Å². The molecule has 0 aliphatic heterocycles. The van der Waals surface area contributed by atoms with E-state index in [-0.39, 0.29) is 0 Å². The van der Waals surface area contributed by atoms with E-state index in [4.69, 9.17) is 5.26 Å². The second-order valence-corrected chi connectivity index (χ2v) is 9.04. The van der Waals surface area contributed by atoms with Crippen LogP contribution in [0.4, 0.5) is 0 Å². The molecule has 3 rings (SSSR count). The lowest BCUT2D eigenvalue weighted by molar-refractivity contribution is 0.348. The summed E-state index contributed by atoms with van der Waals surface area (Å²) in [5, 5.41) is 8.53. The van der Waals surface area contributed by atoms with E-state index < -0.39 is 0 Å². The Kier molecular flexibility index (Phi) is 8.82. The van der Waals surface area contributed by atoms with Crippen LogP contribution in [0.1, 0.15) is 81.8 Å². The third kappa shape index (κ3) is 7.04. The van der Waals surface area contributed by atoms with Gasteiger partial charge in [0.25, 0.3) is 0 Å². The molecular formula is C28H37N. The summed E-state index contributed by atoms with van der Waals surface area (Å²) in [5.41, 5.74) is 3.04. The van der Waals surface area contributed by atoms with E-state index >= 15 is 0 Å². The molecule has 0 heterocycles. The van der Waals surface area contributed by atoms with E-state index in [1.54, 1.807) is 11.6 Å². The normalized spacial score (nSPS) is 28.3. The molecule has 1 aromatic rings. The number of hydrogen-bond donors (Lipinski definition) is 0. The van der Waals surface area contributed by atoms with Gasteiger partial charge in [0.05, 0.1) is 6.07 Å². The van der Waals surface area contributed by atoms with E-state index in [1.807, 2.05) is 18.2 Å². The minimum atomic E-state index is 0.696. The zero-order valence-electron chi connectivity index (χ0n) is 18.1. The van der Waals surface area contributed by atoms with Crippen molar-refractivity contribution in [2.24, 2.45) is 17.8 Å². The van der Waals surface area contributed by atoms with Crippen molar-refractivity contribution in [1.29, 1.82) is 5.26 Å². The molecule has 0 bridgehead atoms. The summed E-state index contributed by atoms with van der Waals surface area (Å²) in [5.74, 6) is 3.03. The van der Waals surface area contributed by atoms with Crippen molar-refractivity contribution < 1.29 is 0 Å². The van der Waals surface area contributed by atoms with Crippen LogP contribution in [0.5, 0.6) is 0 Å². The van der Waals surface area contributed by atoms with Crippen LogP contribution in [0.3, 0.4) is 0 Å². The Balaban J connectivity index is 1.38. The average Bonchev–Trinajstić information content (AvgIpc) is 2.77. The zero-order chi connectivity index (χ0) is 20.3. The van der Waals surface area contributed by atoms with Gasteiger partial charge in [-0.2, -0.15) is 5.26 Å². The lowest BCUT2D eigenvalue weighted by Crippen LogP contribution is -2.14.